The Labute approximate surface area is 181 Å². The molecule has 1 unspecified atom stereocenters. The van der Waals surface area contributed by atoms with Gasteiger partial charge in [-0.3, -0.25) is 14.6 Å². The zero-order valence-electron chi connectivity index (χ0n) is 17.4. The van der Waals surface area contributed by atoms with Gasteiger partial charge in [0.15, 0.2) is 0 Å². The van der Waals surface area contributed by atoms with Crippen molar-refractivity contribution < 1.29 is 24.2 Å². The molecule has 166 valence electrons. The van der Waals surface area contributed by atoms with Gasteiger partial charge in [-0.25, -0.2) is 4.79 Å². The Hall–Kier alpha value is -3.46. The van der Waals surface area contributed by atoms with E-state index in [-0.39, 0.29) is 12.5 Å². The minimum absolute atomic E-state index is 0.126. The molecule has 0 fully saturated rings. The number of nitrogens with two attached hydrogens (primary N) is 1. The molecule has 0 saturated carbocycles. The fourth-order valence-electron chi connectivity index (χ4n) is 2.79. The Morgan fingerprint density at radius 3 is 2.68 bits per heavy atom. The summed E-state index contributed by atoms with van der Waals surface area (Å²) < 4.78 is 5.08. The van der Waals surface area contributed by atoms with Crippen LogP contribution in [0.15, 0.2) is 48.8 Å². The van der Waals surface area contributed by atoms with Crippen molar-refractivity contribution in [3.8, 4) is 0 Å². The molecule has 2 atom stereocenters. The fraction of sp³-hybridized carbons (Fsp3) is 0.364. The van der Waals surface area contributed by atoms with Crippen molar-refractivity contribution in [2.24, 2.45) is 11.7 Å². The molecule has 0 aliphatic carbocycles. The molecular weight excluding hydrogens is 400 g/mol. The highest BCUT2D eigenvalue weighted by molar-refractivity contribution is 5.95. The second-order valence-electron chi connectivity index (χ2n) is 7.20. The normalized spacial score (nSPS) is 12.5. The van der Waals surface area contributed by atoms with Gasteiger partial charge in [0.05, 0.1) is 12.0 Å². The zero-order valence-corrected chi connectivity index (χ0v) is 17.4. The quantitative estimate of drug-likeness (QED) is 0.402. The SMILES string of the molecule is CC(Cc1ccccc1NC(=O)[C@@H](N)CCCNC(=O)OCc1cccnc1)C(=O)O. The highest BCUT2D eigenvalue weighted by Crippen LogP contribution is 2.19. The maximum Gasteiger partial charge on any atom is 0.407 e. The van der Waals surface area contributed by atoms with Crippen LogP contribution < -0.4 is 16.4 Å². The van der Waals surface area contributed by atoms with E-state index in [0.717, 1.165) is 11.1 Å². The van der Waals surface area contributed by atoms with E-state index >= 15 is 0 Å². The number of nitrogens with zero attached hydrogens (tertiary/aromatic N) is 1. The van der Waals surface area contributed by atoms with E-state index in [1.807, 2.05) is 0 Å². The second-order valence-corrected chi connectivity index (χ2v) is 7.20. The van der Waals surface area contributed by atoms with Gasteiger partial charge in [-0.2, -0.15) is 0 Å². The van der Waals surface area contributed by atoms with Crippen LogP contribution in [0, 0.1) is 5.92 Å². The smallest absolute Gasteiger partial charge is 0.407 e. The average molecular weight is 428 g/mol. The van der Waals surface area contributed by atoms with Crippen LogP contribution >= 0.6 is 0 Å². The molecular formula is C22H28N4O5. The first kappa shape index (κ1) is 23.8. The summed E-state index contributed by atoms with van der Waals surface area (Å²) in [5.41, 5.74) is 8.03. The number of ether oxygens (including phenoxy) is 1. The van der Waals surface area contributed by atoms with E-state index in [1.54, 1.807) is 55.7 Å². The Morgan fingerprint density at radius 2 is 1.97 bits per heavy atom. The number of anilines is 1. The molecule has 0 aliphatic rings. The number of carboxylic acids is 1. The molecule has 31 heavy (non-hydrogen) atoms. The number of benzene rings is 1. The van der Waals surface area contributed by atoms with E-state index in [0.29, 0.717) is 31.5 Å². The number of aromatic nitrogens is 1. The topological polar surface area (TPSA) is 144 Å². The number of alkyl carbamates (subject to hydrolysis) is 1. The van der Waals surface area contributed by atoms with Crippen molar-refractivity contribution in [1.29, 1.82) is 0 Å². The summed E-state index contributed by atoms with van der Waals surface area (Å²) in [7, 11) is 0. The monoisotopic (exact) mass is 428 g/mol. The number of para-hydroxylation sites is 1. The molecule has 0 saturated heterocycles. The summed E-state index contributed by atoms with van der Waals surface area (Å²) in [5.74, 6) is -1.84. The number of carbonyl (C=O) groups is 3. The number of pyridine rings is 1. The maximum atomic E-state index is 12.4. The van der Waals surface area contributed by atoms with Gasteiger partial charge in [-0.1, -0.05) is 31.2 Å². The van der Waals surface area contributed by atoms with Crippen molar-refractivity contribution in [2.45, 2.75) is 38.8 Å². The first-order valence-electron chi connectivity index (χ1n) is 10.0. The Kier molecular flexibility index (Phi) is 9.44. The van der Waals surface area contributed by atoms with Gasteiger partial charge in [-0.15, -0.1) is 0 Å². The van der Waals surface area contributed by atoms with Gasteiger partial charge in [0.1, 0.15) is 6.61 Å². The number of hydrogen-bond acceptors (Lipinski definition) is 6. The third kappa shape index (κ3) is 8.43. The van der Waals surface area contributed by atoms with Crippen LogP contribution in [0.4, 0.5) is 10.5 Å². The largest absolute Gasteiger partial charge is 0.481 e. The molecule has 0 spiro atoms. The van der Waals surface area contributed by atoms with E-state index < -0.39 is 24.0 Å². The lowest BCUT2D eigenvalue weighted by molar-refractivity contribution is -0.141. The van der Waals surface area contributed by atoms with Gasteiger partial charge >= 0.3 is 12.1 Å². The molecule has 2 amide bonds. The van der Waals surface area contributed by atoms with Crippen molar-refractivity contribution in [2.75, 3.05) is 11.9 Å². The minimum atomic E-state index is -0.899. The molecule has 0 bridgehead atoms. The number of nitrogens with one attached hydrogen (secondary N) is 2. The summed E-state index contributed by atoms with van der Waals surface area (Å²) in [4.78, 5) is 39.2. The van der Waals surface area contributed by atoms with Crippen molar-refractivity contribution in [3.63, 3.8) is 0 Å². The predicted octanol–water partition coefficient (Wildman–Crippen LogP) is 2.32. The third-order valence-electron chi connectivity index (χ3n) is 4.61. The zero-order chi connectivity index (χ0) is 22.6. The van der Waals surface area contributed by atoms with Crippen LogP contribution in [-0.2, 0) is 27.4 Å². The van der Waals surface area contributed by atoms with E-state index in [1.165, 1.54) is 0 Å². The number of amides is 2. The van der Waals surface area contributed by atoms with Crippen LogP contribution in [0.3, 0.4) is 0 Å². The van der Waals surface area contributed by atoms with Gasteiger partial charge < -0.3 is 26.2 Å². The molecule has 1 heterocycles. The van der Waals surface area contributed by atoms with Gasteiger partial charge in [0, 0.05) is 30.2 Å². The molecule has 2 aromatic rings. The van der Waals surface area contributed by atoms with Gasteiger partial charge in [-0.05, 0) is 37.0 Å². The summed E-state index contributed by atoms with van der Waals surface area (Å²) in [6.45, 7) is 2.06. The standard InChI is InChI=1S/C22H28N4O5/c1-15(21(28)29)12-17-7-2-3-9-19(17)26-20(27)18(23)8-5-11-25-22(30)31-14-16-6-4-10-24-13-16/h2-4,6-7,9-10,13,15,18H,5,8,11-12,14,23H2,1H3,(H,25,30)(H,26,27)(H,28,29)/t15?,18-/m0/s1. The summed E-state index contributed by atoms with van der Waals surface area (Å²) in [6, 6.07) is 9.84. The van der Waals surface area contributed by atoms with E-state index in [4.69, 9.17) is 15.6 Å². The van der Waals surface area contributed by atoms with Gasteiger partial charge in [0.2, 0.25) is 5.91 Å². The first-order chi connectivity index (χ1) is 14.9. The lowest BCUT2D eigenvalue weighted by Gasteiger charge is -2.16. The molecule has 9 heteroatoms. The van der Waals surface area contributed by atoms with Crippen molar-refractivity contribution in [1.82, 2.24) is 10.3 Å². The number of rotatable bonds is 11. The molecule has 1 aromatic carbocycles. The highest BCUT2D eigenvalue weighted by Gasteiger charge is 2.17. The van der Waals surface area contributed by atoms with Crippen LogP contribution in [0.1, 0.15) is 30.9 Å². The number of carbonyl (C=O) groups excluding carboxylic acids is 2. The van der Waals surface area contributed by atoms with Crippen molar-refractivity contribution >= 4 is 23.7 Å². The average Bonchev–Trinajstić information content (AvgIpc) is 2.77. The van der Waals surface area contributed by atoms with Crippen molar-refractivity contribution in [3.05, 3.63) is 59.9 Å². The van der Waals surface area contributed by atoms with Gasteiger partial charge in [0.25, 0.3) is 0 Å². The number of aliphatic carboxylic acids is 1. The predicted molar refractivity (Wildman–Crippen MR) is 115 cm³/mol. The summed E-state index contributed by atoms with van der Waals surface area (Å²) in [5, 5.41) is 14.5. The van der Waals surface area contributed by atoms with Crippen LogP contribution in [0.2, 0.25) is 0 Å². The summed E-state index contributed by atoms with van der Waals surface area (Å²) in [6.07, 6.45) is 3.86. The molecule has 9 nitrogen and oxygen atoms in total. The first-order valence-corrected chi connectivity index (χ1v) is 10.0. The number of carboxylic acid groups (broad SMARTS) is 1. The minimum Gasteiger partial charge on any atom is -0.481 e. The lowest BCUT2D eigenvalue weighted by Crippen LogP contribution is -2.37. The van der Waals surface area contributed by atoms with Crippen LogP contribution in [0.5, 0.6) is 0 Å². The third-order valence-corrected chi connectivity index (χ3v) is 4.61. The molecule has 2 rings (SSSR count). The molecule has 1 aromatic heterocycles. The summed E-state index contributed by atoms with van der Waals surface area (Å²) >= 11 is 0. The van der Waals surface area contributed by atoms with E-state index in [9.17, 15) is 14.4 Å². The Morgan fingerprint density at radius 1 is 1.19 bits per heavy atom. The highest BCUT2D eigenvalue weighted by atomic mass is 16.5. The molecule has 5 N–H and O–H groups in total. The fourth-order valence-corrected chi connectivity index (χ4v) is 2.79. The lowest BCUT2D eigenvalue weighted by atomic mass is 9.99. The Bertz CT molecular complexity index is 875. The molecule has 0 radical (unpaired) electrons. The van der Waals surface area contributed by atoms with Crippen LogP contribution in [0.25, 0.3) is 0 Å². The van der Waals surface area contributed by atoms with E-state index in [2.05, 4.69) is 15.6 Å². The number of hydrogen-bond donors (Lipinski definition) is 4. The van der Waals surface area contributed by atoms with Crippen LogP contribution in [-0.4, -0.2) is 40.6 Å². The maximum absolute atomic E-state index is 12.4. The Balaban J connectivity index is 1.72. The second kappa shape index (κ2) is 12.3. The molecule has 0 aliphatic heterocycles.